The molecule has 0 radical (unpaired) electrons. The Hall–Kier alpha value is -1.50. The molecule has 3 aromatic rings. The van der Waals surface area contributed by atoms with Crippen LogP contribution in [0.5, 0.6) is 23.0 Å². The lowest BCUT2D eigenvalue weighted by atomic mass is 10.1. The van der Waals surface area contributed by atoms with Crippen molar-refractivity contribution in [3.05, 3.63) is 72.3 Å². The second kappa shape index (κ2) is 21.8. The van der Waals surface area contributed by atoms with Crippen molar-refractivity contribution in [2.24, 2.45) is 0 Å². The monoisotopic (exact) mass is 790 g/mol. The van der Waals surface area contributed by atoms with E-state index in [-0.39, 0.29) is 5.25 Å². The topological polar surface area (TPSA) is 90.9 Å². The first kappa shape index (κ1) is 41.9. The van der Waals surface area contributed by atoms with Crippen LogP contribution >= 0.6 is 25.2 Å². The van der Waals surface area contributed by atoms with Crippen molar-refractivity contribution >= 4 is 59.6 Å². The molecule has 1 aliphatic heterocycles. The van der Waals surface area contributed by atoms with E-state index in [9.17, 15) is 4.21 Å². The molecule has 15 heteroatoms. The molecule has 272 valence electrons. The molecule has 0 amide bonds. The van der Waals surface area contributed by atoms with Crippen LogP contribution in [-0.2, 0) is 58.9 Å². The van der Waals surface area contributed by atoms with E-state index in [1.807, 2.05) is 66.7 Å². The van der Waals surface area contributed by atoms with Crippen LogP contribution in [0.3, 0.4) is 0 Å². The van der Waals surface area contributed by atoms with Gasteiger partial charge in [0.25, 0.3) is 0 Å². The second-order valence-corrected chi connectivity index (χ2v) is 20.3. The van der Waals surface area contributed by atoms with Crippen molar-refractivity contribution in [1.82, 2.24) is 0 Å². The molecule has 0 N–H and O–H groups in total. The zero-order valence-electron chi connectivity index (χ0n) is 29.0. The van der Waals surface area contributed by atoms with E-state index in [0.29, 0.717) is 18.3 Å². The van der Waals surface area contributed by atoms with E-state index in [1.54, 1.807) is 11.8 Å². The fourth-order valence-corrected chi connectivity index (χ4v) is 8.51. The van der Waals surface area contributed by atoms with E-state index in [4.69, 9.17) is 60.2 Å². The molecule has 2 atom stereocenters. The van der Waals surface area contributed by atoms with Crippen molar-refractivity contribution in [2.45, 2.75) is 73.8 Å². The Bertz CT molecular complexity index is 1460. The van der Waals surface area contributed by atoms with Gasteiger partial charge in [0, 0.05) is 83.6 Å². The summed E-state index contributed by atoms with van der Waals surface area (Å²) in [5.41, 5.74) is 1.17. The quantitative estimate of drug-likeness (QED) is 0.0806. The highest BCUT2D eigenvalue weighted by Gasteiger charge is 2.20. The van der Waals surface area contributed by atoms with Gasteiger partial charge >= 0.3 is 13.4 Å². The van der Waals surface area contributed by atoms with Gasteiger partial charge in [0.1, 0.15) is 11.5 Å². The maximum Gasteiger partial charge on any atom is 0.380 e. The summed E-state index contributed by atoms with van der Waals surface area (Å²) >= 11 is 12.0. The summed E-state index contributed by atoms with van der Waals surface area (Å²) in [5.74, 6) is 3.65. The van der Waals surface area contributed by atoms with Crippen LogP contribution in [0.1, 0.15) is 57.9 Å². The molecule has 3 aromatic carbocycles. The van der Waals surface area contributed by atoms with E-state index in [0.717, 1.165) is 39.9 Å². The summed E-state index contributed by atoms with van der Waals surface area (Å²) < 4.78 is 54.7. The SMILES string of the molecule is CCCCCCCCS(=O)C(C)Cc1ccc2c(c1)OCO2.COP(=S)(OC)Oc1ccc(Sc2ccc(OP(=S)(OC)OC)cc2)cc1. The maximum absolute atomic E-state index is 12.3. The van der Waals surface area contributed by atoms with Gasteiger partial charge in [-0.25, -0.2) is 0 Å². The van der Waals surface area contributed by atoms with Crippen LogP contribution in [0.25, 0.3) is 0 Å². The average molecular weight is 791 g/mol. The molecule has 4 rings (SSSR count). The normalized spacial score (nSPS) is 13.7. The number of fused-ring (bicyclic) bond motifs is 1. The van der Waals surface area contributed by atoms with E-state index in [1.165, 1.54) is 66.1 Å². The third-order valence-electron chi connectivity index (χ3n) is 7.32. The molecular weight excluding hydrogens is 743 g/mol. The summed E-state index contributed by atoms with van der Waals surface area (Å²) in [6.07, 6.45) is 8.32. The van der Waals surface area contributed by atoms with Crippen LogP contribution in [0.4, 0.5) is 0 Å². The fourth-order valence-electron chi connectivity index (χ4n) is 4.55. The van der Waals surface area contributed by atoms with Crippen LogP contribution in [0, 0.1) is 0 Å². The Kier molecular flexibility index (Phi) is 18.6. The lowest BCUT2D eigenvalue weighted by molar-refractivity contribution is 0.174. The van der Waals surface area contributed by atoms with Gasteiger partial charge < -0.3 is 36.6 Å². The molecule has 0 fully saturated rings. The Morgan fingerprint density at radius 2 is 1.22 bits per heavy atom. The first-order valence-electron chi connectivity index (χ1n) is 16.0. The van der Waals surface area contributed by atoms with Crippen LogP contribution in [0.15, 0.2) is 76.5 Å². The molecule has 0 saturated heterocycles. The largest absolute Gasteiger partial charge is 0.454 e. The van der Waals surface area contributed by atoms with Gasteiger partial charge in [0.15, 0.2) is 11.5 Å². The van der Waals surface area contributed by atoms with E-state index >= 15 is 0 Å². The molecule has 0 aliphatic carbocycles. The standard InChI is InChI=1S/C18H28O3S.C16H20O6P2S3/c1-3-4-5-6-7-8-11-22(19)15(2)12-16-9-10-17-18(13-16)21-14-20-17;1-17-23(25,18-2)21-13-5-9-15(10-6-13)27-16-11-7-14(8-12-16)22-24(26,19-3)20-4/h9-10,13,15H,3-8,11-12,14H2,1-2H3;5-12H,1-4H3. The van der Waals surface area contributed by atoms with Gasteiger partial charge in [-0.15, -0.1) is 0 Å². The van der Waals surface area contributed by atoms with Crippen LogP contribution in [-0.4, -0.2) is 50.4 Å². The molecule has 2 unspecified atom stereocenters. The van der Waals surface area contributed by atoms with Crippen LogP contribution in [0.2, 0.25) is 0 Å². The van der Waals surface area contributed by atoms with Gasteiger partial charge in [-0.1, -0.05) is 63.8 Å². The van der Waals surface area contributed by atoms with Gasteiger partial charge in [-0.2, -0.15) is 0 Å². The zero-order chi connectivity index (χ0) is 35.7. The lowest BCUT2D eigenvalue weighted by Gasteiger charge is -2.18. The number of ether oxygens (including phenoxy) is 2. The Labute approximate surface area is 309 Å². The molecule has 1 aliphatic rings. The first-order valence-corrected chi connectivity index (χ1v) is 23.3. The summed E-state index contributed by atoms with van der Waals surface area (Å²) in [4.78, 5) is 2.08. The third-order valence-corrected chi connectivity index (χ3v) is 15.0. The molecule has 0 spiro atoms. The predicted octanol–water partition coefficient (Wildman–Crippen LogP) is 10.1. The summed E-state index contributed by atoms with van der Waals surface area (Å²) in [6, 6.07) is 21.1. The third kappa shape index (κ3) is 14.6. The molecular formula is C34H48O9P2S4. The second-order valence-electron chi connectivity index (χ2n) is 10.9. The summed E-state index contributed by atoms with van der Waals surface area (Å²) in [5, 5.41) is 0.191. The molecule has 1 heterocycles. The highest BCUT2D eigenvalue weighted by atomic mass is 32.5. The highest BCUT2D eigenvalue weighted by Crippen LogP contribution is 2.49. The maximum atomic E-state index is 12.3. The smallest absolute Gasteiger partial charge is 0.380 e. The highest BCUT2D eigenvalue weighted by molar-refractivity contribution is 8.08. The predicted molar refractivity (Wildman–Crippen MR) is 207 cm³/mol. The van der Waals surface area contributed by atoms with E-state index < -0.39 is 24.2 Å². The van der Waals surface area contributed by atoms with E-state index in [2.05, 4.69) is 13.8 Å². The number of hydrogen-bond donors (Lipinski definition) is 0. The van der Waals surface area contributed by atoms with Crippen molar-refractivity contribution in [3.63, 3.8) is 0 Å². The Morgan fingerprint density at radius 1 is 0.735 bits per heavy atom. The first-order chi connectivity index (χ1) is 23.6. The molecule has 0 aromatic heterocycles. The Balaban J connectivity index is 0.000000271. The van der Waals surface area contributed by atoms with Gasteiger partial charge in [0.05, 0.1) is 0 Å². The van der Waals surface area contributed by atoms with Crippen molar-refractivity contribution in [1.29, 1.82) is 0 Å². The van der Waals surface area contributed by atoms with Crippen molar-refractivity contribution in [2.75, 3.05) is 41.0 Å². The Morgan fingerprint density at radius 3 is 1.73 bits per heavy atom. The number of benzene rings is 3. The number of rotatable bonds is 20. The minimum absolute atomic E-state index is 0.191. The summed E-state index contributed by atoms with van der Waals surface area (Å²) in [7, 11) is 5.14. The van der Waals surface area contributed by atoms with Gasteiger partial charge in [0.2, 0.25) is 6.79 Å². The number of unbranched alkanes of at least 4 members (excludes halogenated alkanes) is 5. The van der Waals surface area contributed by atoms with Gasteiger partial charge in [-0.3, -0.25) is 4.21 Å². The average Bonchev–Trinajstić information content (AvgIpc) is 3.59. The van der Waals surface area contributed by atoms with Crippen molar-refractivity contribution < 1.29 is 40.8 Å². The molecule has 49 heavy (non-hydrogen) atoms. The summed E-state index contributed by atoms with van der Waals surface area (Å²) in [6.45, 7) is -0.840. The molecule has 9 nitrogen and oxygen atoms in total. The minimum atomic E-state index is -2.73. The van der Waals surface area contributed by atoms with Crippen molar-refractivity contribution in [3.8, 4) is 23.0 Å². The molecule has 0 bridgehead atoms. The zero-order valence-corrected chi connectivity index (χ0v) is 34.0. The van der Waals surface area contributed by atoms with Gasteiger partial charge in [-0.05, 0) is 79.1 Å². The lowest BCUT2D eigenvalue weighted by Crippen LogP contribution is -2.16. The van der Waals surface area contributed by atoms with Crippen LogP contribution < -0.4 is 18.5 Å². The number of hydrogen-bond acceptors (Lipinski definition) is 12. The fraction of sp³-hybridized carbons (Fsp3) is 0.471. The minimum Gasteiger partial charge on any atom is -0.454 e. The molecule has 0 saturated carbocycles.